The third-order valence-electron chi connectivity index (χ3n) is 2.68. The van der Waals surface area contributed by atoms with Gasteiger partial charge >= 0.3 is 0 Å². The van der Waals surface area contributed by atoms with Crippen LogP contribution in [0.1, 0.15) is 26.3 Å². The second-order valence-corrected chi connectivity index (χ2v) is 5.46. The highest BCUT2D eigenvalue weighted by atomic mass is 16.7. The van der Waals surface area contributed by atoms with Gasteiger partial charge in [-0.3, -0.25) is 0 Å². The third-order valence-corrected chi connectivity index (χ3v) is 2.68. The fourth-order valence-corrected chi connectivity index (χ4v) is 1.55. The fourth-order valence-electron chi connectivity index (χ4n) is 1.55. The largest absolute Gasteiger partial charge is 0.514 e. The highest BCUT2D eigenvalue weighted by molar-refractivity contribution is 5.58. The van der Waals surface area contributed by atoms with Crippen LogP contribution in [0.25, 0.3) is 0 Å². The lowest BCUT2D eigenvalue weighted by Gasteiger charge is -2.18. The lowest BCUT2D eigenvalue weighted by atomic mass is 9.87. The van der Waals surface area contributed by atoms with Crippen molar-refractivity contribution in [2.45, 2.75) is 26.2 Å². The summed E-state index contributed by atoms with van der Waals surface area (Å²) >= 11 is 0. The molecule has 0 unspecified atom stereocenters. The molecule has 0 aliphatic rings. The van der Waals surface area contributed by atoms with E-state index in [1.165, 1.54) is 17.7 Å². The summed E-state index contributed by atoms with van der Waals surface area (Å²) in [6, 6.07) is 15.6. The normalized spacial score (nSPS) is 10.2. The number of hydrogen-bond acceptors (Lipinski definition) is 4. The van der Waals surface area contributed by atoms with E-state index in [0.29, 0.717) is 5.75 Å². The summed E-state index contributed by atoms with van der Waals surface area (Å²) < 4.78 is 4.22. The molecule has 0 radical (unpaired) electrons. The minimum Gasteiger partial charge on any atom is -0.514 e. The van der Waals surface area contributed by atoms with Crippen LogP contribution in [0.5, 0.6) is 11.5 Å². The first-order valence-corrected chi connectivity index (χ1v) is 6.52. The minimum atomic E-state index is -1.54. The molecule has 21 heavy (non-hydrogen) atoms. The summed E-state index contributed by atoms with van der Waals surface area (Å²) in [5, 5.41) is 18.9. The van der Waals surface area contributed by atoms with Crippen molar-refractivity contribution in [1.29, 1.82) is 0 Å². The molecule has 0 saturated carbocycles. The zero-order valence-corrected chi connectivity index (χ0v) is 12.4. The van der Waals surface area contributed by atoms with Crippen LogP contribution in [0.3, 0.4) is 0 Å². The predicted molar refractivity (Wildman–Crippen MR) is 79.3 cm³/mol. The Hall–Kier alpha value is -2.49. The Morgan fingerprint density at radius 2 is 1.52 bits per heavy atom. The van der Waals surface area contributed by atoms with Crippen molar-refractivity contribution in [1.82, 2.24) is 0 Å². The van der Waals surface area contributed by atoms with E-state index in [9.17, 15) is 9.90 Å². The predicted octanol–water partition coefficient (Wildman–Crippen LogP) is 3.10. The quantitative estimate of drug-likeness (QED) is 0.646. The molecular formula is C17H19O4-. The molecule has 0 aliphatic carbocycles. The van der Waals surface area contributed by atoms with Crippen molar-refractivity contribution in [3.8, 4) is 11.5 Å². The lowest BCUT2D eigenvalue weighted by Crippen LogP contribution is -2.26. The van der Waals surface area contributed by atoms with Gasteiger partial charge in [0.1, 0.15) is 5.75 Å². The molecule has 0 saturated heterocycles. The Labute approximate surface area is 124 Å². The molecule has 2 rings (SSSR count). The molecule has 0 atom stereocenters. The summed E-state index contributed by atoms with van der Waals surface area (Å²) in [6.07, 6.45) is -1.54. The number of rotatable bonds is 1. The molecule has 0 aromatic heterocycles. The first-order valence-electron chi connectivity index (χ1n) is 6.52. The number of ether oxygens (including phenoxy) is 1. The first kappa shape index (κ1) is 16.6. The van der Waals surface area contributed by atoms with Crippen molar-refractivity contribution in [2.75, 3.05) is 0 Å². The maximum Gasteiger partial charge on any atom is 0.257 e. The summed E-state index contributed by atoms with van der Waals surface area (Å²) in [5.41, 5.74) is 1.42. The molecule has 0 heterocycles. The number of carbonyl (C=O) groups is 1. The second kappa shape index (κ2) is 7.33. The van der Waals surface area contributed by atoms with E-state index >= 15 is 0 Å². The first-order chi connectivity index (χ1) is 9.79. The summed E-state index contributed by atoms with van der Waals surface area (Å²) in [7, 11) is 0. The number of phenols is 1. The Balaban J connectivity index is 0.000000211. The molecule has 0 spiro atoms. The van der Waals surface area contributed by atoms with E-state index in [1.807, 2.05) is 12.1 Å². The van der Waals surface area contributed by atoms with E-state index in [4.69, 9.17) is 5.11 Å². The standard InChI is InChI=1S/C10H14O.C7H6O3/c1-10(2,3)8-4-6-9(11)7-5-8;8-7(9)10-6-4-2-1-3-5-6/h4-7,11H,1-3H3;1-5H,(H,8,9)/p-1. The van der Waals surface area contributed by atoms with Gasteiger partial charge in [0.15, 0.2) is 0 Å². The smallest absolute Gasteiger partial charge is 0.257 e. The Morgan fingerprint density at radius 1 is 1.00 bits per heavy atom. The van der Waals surface area contributed by atoms with Gasteiger partial charge in [-0.05, 0) is 35.2 Å². The van der Waals surface area contributed by atoms with Crippen molar-refractivity contribution in [3.05, 3.63) is 60.2 Å². The minimum absolute atomic E-state index is 0.174. The van der Waals surface area contributed by atoms with Crippen LogP contribution in [0.2, 0.25) is 0 Å². The van der Waals surface area contributed by atoms with Gasteiger partial charge in [-0.1, -0.05) is 51.1 Å². The number of carbonyl (C=O) groups excluding carboxylic acids is 1. The maximum atomic E-state index is 9.84. The zero-order chi connectivity index (χ0) is 15.9. The van der Waals surface area contributed by atoms with Crippen LogP contribution < -0.4 is 9.84 Å². The topological polar surface area (TPSA) is 69.6 Å². The average molecular weight is 287 g/mol. The Bertz CT molecular complexity index is 554. The van der Waals surface area contributed by atoms with Crippen LogP contribution in [0, 0.1) is 0 Å². The third kappa shape index (κ3) is 6.47. The number of para-hydroxylation sites is 1. The van der Waals surface area contributed by atoms with Gasteiger partial charge in [-0.15, -0.1) is 0 Å². The van der Waals surface area contributed by atoms with Crippen molar-refractivity contribution >= 4 is 6.16 Å². The number of benzene rings is 2. The van der Waals surface area contributed by atoms with Gasteiger partial charge < -0.3 is 19.7 Å². The zero-order valence-electron chi connectivity index (χ0n) is 12.4. The monoisotopic (exact) mass is 287 g/mol. The molecule has 4 nitrogen and oxygen atoms in total. The lowest BCUT2D eigenvalue weighted by molar-refractivity contribution is -0.271. The molecule has 1 N–H and O–H groups in total. The molecule has 112 valence electrons. The van der Waals surface area contributed by atoms with E-state index in [0.717, 1.165) is 0 Å². The van der Waals surface area contributed by atoms with Crippen LogP contribution in [0.15, 0.2) is 54.6 Å². The molecule has 2 aromatic carbocycles. The molecule has 0 amide bonds. The van der Waals surface area contributed by atoms with Gasteiger partial charge in [0.2, 0.25) is 0 Å². The summed E-state index contributed by atoms with van der Waals surface area (Å²) in [4.78, 5) is 9.84. The van der Waals surface area contributed by atoms with Gasteiger partial charge in [-0.25, -0.2) is 0 Å². The Kier molecular flexibility index (Phi) is 5.79. The Morgan fingerprint density at radius 3 is 1.95 bits per heavy atom. The summed E-state index contributed by atoms with van der Waals surface area (Å²) in [5.74, 6) is 0.612. The molecule has 4 heteroatoms. The molecule has 2 aromatic rings. The SMILES string of the molecule is CC(C)(C)c1ccc(O)cc1.O=C([O-])Oc1ccccc1. The molecule has 0 aliphatic heterocycles. The highest BCUT2D eigenvalue weighted by Crippen LogP contribution is 2.23. The maximum absolute atomic E-state index is 9.84. The number of carboxylic acid groups (broad SMARTS) is 1. The van der Waals surface area contributed by atoms with E-state index < -0.39 is 6.16 Å². The van der Waals surface area contributed by atoms with Gasteiger partial charge in [0.25, 0.3) is 6.16 Å². The second-order valence-electron chi connectivity index (χ2n) is 5.46. The number of hydrogen-bond donors (Lipinski definition) is 1. The number of aromatic hydroxyl groups is 1. The molecular weight excluding hydrogens is 268 g/mol. The van der Waals surface area contributed by atoms with Crippen LogP contribution in [0.4, 0.5) is 4.79 Å². The van der Waals surface area contributed by atoms with E-state index in [2.05, 4.69) is 25.5 Å². The van der Waals surface area contributed by atoms with Crippen molar-refractivity contribution in [2.24, 2.45) is 0 Å². The van der Waals surface area contributed by atoms with Crippen LogP contribution in [-0.2, 0) is 5.41 Å². The fraction of sp³-hybridized carbons (Fsp3) is 0.235. The van der Waals surface area contributed by atoms with E-state index in [-0.39, 0.29) is 11.2 Å². The van der Waals surface area contributed by atoms with Gasteiger partial charge in [-0.2, -0.15) is 0 Å². The number of phenolic OH excluding ortho intramolecular Hbond substituents is 1. The van der Waals surface area contributed by atoms with Crippen LogP contribution >= 0.6 is 0 Å². The van der Waals surface area contributed by atoms with Crippen molar-refractivity contribution < 1.29 is 19.7 Å². The van der Waals surface area contributed by atoms with Crippen LogP contribution in [-0.4, -0.2) is 11.3 Å². The van der Waals surface area contributed by atoms with Gasteiger partial charge in [0, 0.05) is 0 Å². The summed E-state index contributed by atoms with van der Waals surface area (Å²) in [6.45, 7) is 6.46. The van der Waals surface area contributed by atoms with Gasteiger partial charge in [0.05, 0.1) is 5.75 Å². The van der Waals surface area contributed by atoms with Crippen molar-refractivity contribution in [3.63, 3.8) is 0 Å². The average Bonchev–Trinajstić information content (AvgIpc) is 2.39. The highest BCUT2D eigenvalue weighted by Gasteiger charge is 2.12. The molecule has 0 fully saturated rings. The van der Waals surface area contributed by atoms with E-state index in [1.54, 1.807) is 30.3 Å². The molecule has 0 bridgehead atoms.